The van der Waals surface area contributed by atoms with Crippen molar-refractivity contribution in [2.45, 2.75) is 31.9 Å². The Balaban J connectivity index is 2.67. The molecule has 0 aromatic heterocycles. The monoisotopic (exact) mass is 201 g/mol. The number of ether oxygens (including phenoxy) is 1. The summed E-state index contributed by atoms with van der Waals surface area (Å²) in [7, 11) is 1.44. The minimum atomic E-state index is -0.931. The van der Waals surface area contributed by atoms with E-state index in [1.54, 1.807) is 6.92 Å². The molecule has 5 heteroatoms. The first-order valence-corrected chi connectivity index (χ1v) is 4.64. The van der Waals surface area contributed by atoms with E-state index < -0.39 is 18.1 Å². The number of amides is 1. The summed E-state index contributed by atoms with van der Waals surface area (Å²) < 4.78 is 4.87. The maximum atomic E-state index is 11.6. The number of carbonyl (C=O) groups is 2. The Kier molecular flexibility index (Phi) is 3.46. The summed E-state index contributed by atoms with van der Waals surface area (Å²) in [6.45, 7) is 2.14. The van der Waals surface area contributed by atoms with Crippen molar-refractivity contribution in [2.24, 2.45) is 0 Å². The summed E-state index contributed by atoms with van der Waals surface area (Å²) in [4.78, 5) is 23.8. The van der Waals surface area contributed by atoms with Gasteiger partial charge in [0.25, 0.3) is 5.91 Å². The van der Waals surface area contributed by atoms with Crippen LogP contribution in [0.5, 0.6) is 0 Å². The van der Waals surface area contributed by atoms with E-state index >= 15 is 0 Å². The van der Waals surface area contributed by atoms with Gasteiger partial charge in [0.05, 0.1) is 0 Å². The molecule has 1 amide bonds. The molecule has 1 saturated heterocycles. The third-order valence-corrected chi connectivity index (χ3v) is 2.52. The van der Waals surface area contributed by atoms with Crippen LogP contribution in [0.15, 0.2) is 0 Å². The van der Waals surface area contributed by atoms with Gasteiger partial charge in [-0.1, -0.05) is 0 Å². The predicted octanol–water partition coefficient (Wildman–Crippen LogP) is 0.0969. The topological polar surface area (TPSA) is 66.8 Å². The van der Waals surface area contributed by atoms with Crippen LogP contribution in [0.1, 0.15) is 19.8 Å². The Morgan fingerprint density at radius 2 is 2.21 bits per heavy atom. The van der Waals surface area contributed by atoms with Crippen molar-refractivity contribution in [1.29, 1.82) is 0 Å². The molecule has 0 bridgehead atoms. The molecule has 0 spiro atoms. The van der Waals surface area contributed by atoms with Crippen LogP contribution in [-0.2, 0) is 14.3 Å². The van der Waals surface area contributed by atoms with Crippen molar-refractivity contribution in [2.75, 3.05) is 13.7 Å². The molecule has 0 saturated carbocycles. The molecule has 1 heterocycles. The van der Waals surface area contributed by atoms with Crippen LogP contribution in [-0.4, -0.2) is 47.7 Å². The van der Waals surface area contributed by atoms with Gasteiger partial charge in [-0.3, -0.25) is 4.79 Å². The van der Waals surface area contributed by atoms with E-state index in [2.05, 4.69) is 0 Å². The number of likely N-dealkylation sites (tertiary alicyclic amines) is 1. The molecule has 0 aromatic carbocycles. The molecule has 1 N–H and O–H groups in total. The minimum absolute atomic E-state index is 0.239. The van der Waals surface area contributed by atoms with E-state index in [0.29, 0.717) is 13.0 Å². The summed E-state index contributed by atoms with van der Waals surface area (Å²) in [5.74, 6) is -1.17. The fraction of sp³-hybridized carbons (Fsp3) is 0.778. The van der Waals surface area contributed by atoms with Gasteiger partial charge in [0, 0.05) is 13.7 Å². The van der Waals surface area contributed by atoms with E-state index in [1.165, 1.54) is 12.0 Å². The van der Waals surface area contributed by atoms with Crippen molar-refractivity contribution in [3.63, 3.8) is 0 Å². The fourth-order valence-electron chi connectivity index (χ4n) is 1.62. The van der Waals surface area contributed by atoms with Crippen LogP contribution in [0.4, 0.5) is 0 Å². The van der Waals surface area contributed by atoms with E-state index in [1.807, 2.05) is 0 Å². The second kappa shape index (κ2) is 4.41. The normalized spacial score (nSPS) is 23.6. The zero-order valence-corrected chi connectivity index (χ0v) is 8.40. The number of rotatable bonds is 3. The van der Waals surface area contributed by atoms with Crippen molar-refractivity contribution in [3.05, 3.63) is 0 Å². The van der Waals surface area contributed by atoms with Gasteiger partial charge < -0.3 is 14.7 Å². The van der Waals surface area contributed by atoms with Gasteiger partial charge in [0.2, 0.25) is 0 Å². The highest BCUT2D eigenvalue weighted by molar-refractivity contribution is 5.86. The number of aliphatic carboxylic acids is 1. The molecule has 2 atom stereocenters. The molecule has 80 valence electrons. The lowest BCUT2D eigenvalue weighted by molar-refractivity contribution is -0.152. The second-order valence-electron chi connectivity index (χ2n) is 3.41. The zero-order chi connectivity index (χ0) is 10.7. The van der Waals surface area contributed by atoms with E-state index in [9.17, 15) is 9.59 Å². The highest BCUT2D eigenvalue weighted by Gasteiger charge is 2.35. The lowest BCUT2D eigenvalue weighted by Crippen LogP contribution is -2.45. The molecule has 0 aliphatic carbocycles. The molecule has 1 fully saturated rings. The fourth-order valence-corrected chi connectivity index (χ4v) is 1.62. The standard InChI is InChI=1S/C9H15NO4/c1-6(14-2)8(11)10-5-3-4-7(10)9(12)13/h6-7H,3-5H2,1-2H3,(H,12,13). The smallest absolute Gasteiger partial charge is 0.326 e. The largest absolute Gasteiger partial charge is 0.480 e. The molecule has 2 unspecified atom stereocenters. The minimum Gasteiger partial charge on any atom is -0.480 e. The molecule has 1 aliphatic heterocycles. The average Bonchev–Trinajstić information content (AvgIpc) is 2.63. The maximum absolute atomic E-state index is 11.6. The van der Waals surface area contributed by atoms with Gasteiger partial charge in [-0.05, 0) is 19.8 Å². The first-order chi connectivity index (χ1) is 6.57. The van der Waals surface area contributed by atoms with Gasteiger partial charge in [0.1, 0.15) is 12.1 Å². The number of hydrogen-bond acceptors (Lipinski definition) is 3. The number of carboxylic acids is 1. The summed E-state index contributed by atoms with van der Waals surface area (Å²) >= 11 is 0. The quantitative estimate of drug-likeness (QED) is 0.703. The number of nitrogens with zero attached hydrogens (tertiary/aromatic N) is 1. The third-order valence-electron chi connectivity index (χ3n) is 2.52. The lowest BCUT2D eigenvalue weighted by atomic mass is 10.2. The van der Waals surface area contributed by atoms with Gasteiger partial charge in [-0.2, -0.15) is 0 Å². The first kappa shape index (κ1) is 11.0. The highest BCUT2D eigenvalue weighted by atomic mass is 16.5. The maximum Gasteiger partial charge on any atom is 0.326 e. The van der Waals surface area contributed by atoms with Crippen molar-refractivity contribution in [3.8, 4) is 0 Å². The third kappa shape index (κ3) is 2.04. The van der Waals surface area contributed by atoms with Crippen LogP contribution in [0.2, 0.25) is 0 Å². The zero-order valence-electron chi connectivity index (χ0n) is 8.40. The summed E-state index contributed by atoms with van der Waals surface area (Å²) in [6, 6.07) is -0.667. The van der Waals surface area contributed by atoms with Gasteiger partial charge in [-0.15, -0.1) is 0 Å². The van der Waals surface area contributed by atoms with Crippen LogP contribution in [0, 0.1) is 0 Å². The Morgan fingerprint density at radius 3 is 2.71 bits per heavy atom. The number of methoxy groups -OCH3 is 1. The Bertz CT molecular complexity index is 241. The van der Waals surface area contributed by atoms with Gasteiger partial charge >= 0.3 is 5.97 Å². The Hall–Kier alpha value is -1.10. The number of carboxylic acid groups (broad SMARTS) is 1. The second-order valence-corrected chi connectivity index (χ2v) is 3.41. The molecule has 5 nitrogen and oxygen atoms in total. The van der Waals surface area contributed by atoms with Crippen LogP contribution in [0.3, 0.4) is 0 Å². The van der Waals surface area contributed by atoms with E-state index in [0.717, 1.165) is 6.42 Å². The van der Waals surface area contributed by atoms with Crippen molar-refractivity contribution < 1.29 is 19.4 Å². The SMILES string of the molecule is COC(C)C(=O)N1CCCC1C(=O)O. The van der Waals surface area contributed by atoms with Crippen LogP contribution < -0.4 is 0 Å². The van der Waals surface area contributed by atoms with Crippen molar-refractivity contribution >= 4 is 11.9 Å². The lowest BCUT2D eigenvalue weighted by Gasteiger charge is -2.23. The number of hydrogen-bond donors (Lipinski definition) is 1. The molecular formula is C9H15NO4. The molecule has 1 rings (SSSR count). The van der Waals surface area contributed by atoms with Crippen LogP contribution >= 0.6 is 0 Å². The first-order valence-electron chi connectivity index (χ1n) is 4.64. The summed E-state index contributed by atoms with van der Waals surface area (Å²) in [5, 5.41) is 8.85. The number of carbonyl (C=O) groups excluding carboxylic acids is 1. The van der Waals surface area contributed by atoms with Gasteiger partial charge in [-0.25, -0.2) is 4.79 Å². The predicted molar refractivity (Wildman–Crippen MR) is 48.8 cm³/mol. The van der Waals surface area contributed by atoms with Crippen molar-refractivity contribution in [1.82, 2.24) is 4.90 Å². The molecule has 1 aliphatic rings. The molecular weight excluding hydrogens is 186 g/mol. The molecule has 0 radical (unpaired) electrons. The van der Waals surface area contributed by atoms with E-state index in [-0.39, 0.29) is 5.91 Å². The average molecular weight is 201 g/mol. The van der Waals surface area contributed by atoms with Gasteiger partial charge in [0.15, 0.2) is 0 Å². The molecule has 14 heavy (non-hydrogen) atoms. The summed E-state index contributed by atoms with van der Waals surface area (Å²) in [5.41, 5.74) is 0. The highest BCUT2D eigenvalue weighted by Crippen LogP contribution is 2.18. The van der Waals surface area contributed by atoms with Crippen LogP contribution in [0.25, 0.3) is 0 Å². The Morgan fingerprint density at radius 1 is 1.57 bits per heavy atom. The Labute approximate surface area is 82.6 Å². The van der Waals surface area contributed by atoms with E-state index in [4.69, 9.17) is 9.84 Å². The molecule has 0 aromatic rings. The summed E-state index contributed by atoms with van der Waals surface area (Å²) in [6.07, 6.45) is 0.728.